The van der Waals surface area contributed by atoms with E-state index < -0.39 is 6.10 Å². The Morgan fingerprint density at radius 2 is 2.00 bits per heavy atom. The molecule has 1 amide bonds. The lowest BCUT2D eigenvalue weighted by molar-refractivity contribution is -0.129. The second-order valence-corrected chi connectivity index (χ2v) is 4.70. The lowest BCUT2D eigenvalue weighted by atomic mass is 9.98. The van der Waals surface area contributed by atoms with Crippen molar-refractivity contribution in [2.75, 3.05) is 14.1 Å². The van der Waals surface area contributed by atoms with Gasteiger partial charge in [0.25, 0.3) is 0 Å². The van der Waals surface area contributed by atoms with Crippen LogP contribution in [0.3, 0.4) is 0 Å². The number of aliphatic hydroxyl groups excluding tert-OH is 1. The van der Waals surface area contributed by atoms with Gasteiger partial charge in [0, 0.05) is 20.5 Å². The summed E-state index contributed by atoms with van der Waals surface area (Å²) in [4.78, 5) is 13.0. The molecular weight excluding hydrogens is 214 g/mol. The second-order valence-electron chi connectivity index (χ2n) is 4.70. The number of aliphatic hydroxyl groups is 1. The Bertz CT molecular complexity index is 399. The topological polar surface area (TPSA) is 40.5 Å². The number of hydrogen-bond donors (Lipinski definition) is 1. The molecular formula is C14H21NO2. The Morgan fingerprint density at radius 3 is 2.59 bits per heavy atom. The summed E-state index contributed by atoms with van der Waals surface area (Å²) >= 11 is 0. The van der Waals surface area contributed by atoms with Gasteiger partial charge in [-0.15, -0.1) is 0 Å². The number of aryl methyl sites for hydroxylation is 2. The van der Waals surface area contributed by atoms with Gasteiger partial charge in [-0.05, 0) is 31.4 Å². The van der Waals surface area contributed by atoms with Gasteiger partial charge in [0.2, 0.25) is 5.91 Å². The van der Waals surface area contributed by atoms with Gasteiger partial charge in [-0.3, -0.25) is 4.79 Å². The number of amides is 1. The molecule has 0 spiro atoms. The van der Waals surface area contributed by atoms with Gasteiger partial charge in [-0.2, -0.15) is 0 Å². The summed E-state index contributed by atoms with van der Waals surface area (Å²) in [7, 11) is 3.46. The third kappa shape index (κ3) is 3.86. The van der Waals surface area contributed by atoms with E-state index in [-0.39, 0.29) is 5.91 Å². The number of nitrogens with zero attached hydrogens (tertiary/aromatic N) is 1. The largest absolute Gasteiger partial charge is 0.388 e. The quantitative estimate of drug-likeness (QED) is 0.869. The van der Waals surface area contributed by atoms with Crippen molar-refractivity contribution < 1.29 is 9.90 Å². The molecule has 0 aliphatic heterocycles. The molecule has 0 aliphatic rings. The van der Waals surface area contributed by atoms with Crippen molar-refractivity contribution in [1.82, 2.24) is 4.90 Å². The van der Waals surface area contributed by atoms with Gasteiger partial charge >= 0.3 is 0 Å². The van der Waals surface area contributed by atoms with Crippen LogP contribution in [0.1, 0.15) is 35.6 Å². The molecule has 0 heterocycles. The van der Waals surface area contributed by atoms with E-state index in [1.807, 2.05) is 32.0 Å². The first-order valence-electron chi connectivity index (χ1n) is 5.87. The first-order valence-corrected chi connectivity index (χ1v) is 5.87. The normalized spacial score (nSPS) is 12.3. The standard InChI is InChI=1S/C14H21NO2/c1-10-5-6-11(2)12(9-10)13(16)7-8-14(17)15(3)4/h5-6,9,13,16H,7-8H2,1-4H3. The first kappa shape index (κ1) is 13.7. The van der Waals surface area contributed by atoms with Gasteiger partial charge in [-0.25, -0.2) is 0 Å². The van der Waals surface area contributed by atoms with Crippen molar-refractivity contribution in [3.8, 4) is 0 Å². The third-order valence-corrected chi connectivity index (χ3v) is 2.92. The number of rotatable bonds is 4. The minimum Gasteiger partial charge on any atom is -0.388 e. The summed E-state index contributed by atoms with van der Waals surface area (Å²) in [5.74, 6) is 0.0503. The van der Waals surface area contributed by atoms with Crippen LogP contribution in [-0.4, -0.2) is 30.0 Å². The van der Waals surface area contributed by atoms with Gasteiger partial charge < -0.3 is 10.0 Å². The van der Waals surface area contributed by atoms with Crippen LogP contribution in [0.5, 0.6) is 0 Å². The van der Waals surface area contributed by atoms with Crippen LogP contribution in [0, 0.1) is 13.8 Å². The highest BCUT2D eigenvalue weighted by Crippen LogP contribution is 2.23. The van der Waals surface area contributed by atoms with E-state index in [2.05, 4.69) is 0 Å². The Labute approximate surface area is 103 Å². The highest BCUT2D eigenvalue weighted by Gasteiger charge is 2.13. The van der Waals surface area contributed by atoms with E-state index in [1.165, 1.54) is 0 Å². The molecule has 17 heavy (non-hydrogen) atoms. The molecule has 1 aromatic carbocycles. The van der Waals surface area contributed by atoms with Gasteiger partial charge in [0.15, 0.2) is 0 Å². The van der Waals surface area contributed by atoms with Crippen LogP contribution in [-0.2, 0) is 4.79 Å². The molecule has 0 aromatic heterocycles. The average Bonchev–Trinajstić information content (AvgIpc) is 2.28. The van der Waals surface area contributed by atoms with Gasteiger partial charge in [0.1, 0.15) is 0 Å². The number of carbonyl (C=O) groups is 1. The Hall–Kier alpha value is -1.35. The average molecular weight is 235 g/mol. The summed E-state index contributed by atoms with van der Waals surface area (Å²) in [5.41, 5.74) is 3.13. The Balaban J connectivity index is 2.67. The van der Waals surface area contributed by atoms with Crippen LogP contribution >= 0.6 is 0 Å². The van der Waals surface area contributed by atoms with Crippen molar-refractivity contribution in [2.45, 2.75) is 32.8 Å². The predicted octanol–water partition coefficient (Wildman–Crippen LogP) is 2.21. The van der Waals surface area contributed by atoms with E-state index in [1.54, 1.807) is 19.0 Å². The molecule has 1 rings (SSSR count). The third-order valence-electron chi connectivity index (χ3n) is 2.92. The summed E-state index contributed by atoms with van der Waals surface area (Å²) < 4.78 is 0. The lowest BCUT2D eigenvalue weighted by Crippen LogP contribution is -2.21. The van der Waals surface area contributed by atoms with E-state index in [4.69, 9.17) is 0 Å². The maximum atomic E-state index is 11.4. The molecule has 1 N–H and O–H groups in total. The SMILES string of the molecule is Cc1ccc(C)c(C(O)CCC(=O)N(C)C)c1. The molecule has 3 nitrogen and oxygen atoms in total. The summed E-state index contributed by atoms with van der Waals surface area (Å²) in [5, 5.41) is 10.1. The van der Waals surface area contributed by atoms with Crippen molar-refractivity contribution in [2.24, 2.45) is 0 Å². The molecule has 1 aromatic rings. The van der Waals surface area contributed by atoms with Crippen molar-refractivity contribution >= 4 is 5.91 Å². The molecule has 1 unspecified atom stereocenters. The minimum atomic E-state index is -0.557. The lowest BCUT2D eigenvalue weighted by Gasteiger charge is -2.16. The van der Waals surface area contributed by atoms with E-state index in [0.717, 1.165) is 16.7 Å². The smallest absolute Gasteiger partial charge is 0.222 e. The predicted molar refractivity (Wildman–Crippen MR) is 68.8 cm³/mol. The number of carbonyl (C=O) groups excluding carboxylic acids is 1. The van der Waals surface area contributed by atoms with Crippen LogP contribution in [0.25, 0.3) is 0 Å². The highest BCUT2D eigenvalue weighted by molar-refractivity contribution is 5.75. The molecule has 94 valence electrons. The molecule has 0 fully saturated rings. The van der Waals surface area contributed by atoms with Crippen molar-refractivity contribution in [1.29, 1.82) is 0 Å². The monoisotopic (exact) mass is 235 g/mol. The molecule has 0 saturated heterocycles. The second kappa shape index (κ2) is 5.82. The Kier molecular flexibility index (Phi) is 4.70. The Morgan fingerprint density at radius 1 is 1.35 bits per heavy atom. The van der Waals surface area contributed by atoms with Crippen LogP contribution in [0.15, 0.2) is 18.2 Å². The van der Waals surface area contributed by atoms with E-state index in [0.29, 0.717) is 12.8 Å². The maximum absolute atomic E-state index is 11.4. The molecule has 3 heteroatoms. The van der Waals surface area contributed by atoms with Crippen molar-refractivity contribution in [3.05, 3.63) is 34.9 Å². The zero-order valence-electron chi connectivity index (χ0n) is 11.0. The molecule has 0 saturated carbocycles. The van der Waals surface area contributed by atoms with E-state index >= 15 is 0 Å². The number of benzene rings is 1. The molecule has 0 radical (unpaired) electrons. The van der Waals surface area contributed by atoms with Crippen LogP contribution in [0.4, 0.5) is 0 Å². The van der Waals surface area contributed by atoms with E-state index in [9.17, 15) is 9.90 Å². The molecule has 1 atom stereocenters. The summed E-state index contributed by atoms with van der Waals surface area (Å²) in [6, 6.07) is 6.01. The zero-order valence-corrected chi connectivity index (χ0v) is 11.0. The zero-order chi connectivity index (χ0) is 13.0. The molecule has 0 bridgehead atoms. The fraction of sp³-hybridized carbons (Fsp3) is 0.500. The molecule has 0 aliphatic carbocycles. The fourth-order valence-electron chi connectivity index (χ4n) is 1.76. The fourth-order valence-corrected chi connectivity index (χ4v) is 1.76. The maximum Gasteiger partial charge on any atom is 0.222 e. The minimum absolute atomic E-state index is 0.0503. The van der Waals surface area contributed by atoms with Gasteiger partial charge in [-0.1, -0.05) is 23.8 Å². The summed E-state index contributed by atoms with van der Waals surface area (Å²) in [6.07, 6.45) is 0.293. The summed E-state index contributed by atoms with van der Waals surface area (Å²) in [6.45, 7) is 3.98. The van der Waals surface area contributed by atoms with Crippen LogP contribution < -0.4 is 0 Å². The van der Waals surface area contributed by atoms with Crippen LogP contribution in [0.2, 0.25) is 0 Å². The number of hydrogen-bond acceptors (Lipinski definition) is 2. The van der Waals surface area contributed by atoms with Crippen molar-refractivity contribution in [3.63, 3.8) is 0 Å². The highest BCUT2D eigenvalue weighted by atomic mass is 16.3. The first-order chi connectivity index (χ1) is 7.91. The van der Waals surface area contributed by atoms with Gasteiger partial charge in [0.05, 0.1) is 6.10 Å².